The summed E-state index contributed by atoms with van der Waals surface area (Å²) in [4.78, 5) is 28.6. The Hall–Kier alpha value is -2.88. The van der Waals surface area contributed by atoms with Crippen LogP contribution in [0.3, 0.4) is 0 Å². The summed E-state index contributed by atoms with van der Waals surface area (Å²) in [5, 5.41) is 11.2. The molecular formula is C18H14F3N3O3S. The number of hydrogen-bond donors (Lipinski definition) is 0. The molecule has 0 aliphatic carbocycles. The number of carbonyl (C=O) groups excluding carboxylic acids is 1. The van der Waals surface area contributed by atoms with Crippen molar-refractivity contribution in [2.45, 2.75) is 11.9 Å². The Morgan fingerprint density at radius 1 is 1.14 bits per heavy atom. The molecule has 2 aromatic carbocycles. The summed E-state index contributed by atoms with van der Waals surface area (Å²) in [7, 11) is 0. The molecule has 3 rings (SSSR count). The van der Waals surface area contributed by atoms with Gasteiger partial charge < -0.3 is 0 Å². The first-order chi connectivity index (χ1) is 13.3. The smallest absolute Gasteiger partial charge is 0.286 e. The summed E-state index contributed by atoms with van der Waals surface area (Å²) in [5.74, 6) is 0.0344. The minimum absolute atomic E-state index is 0.108. The molecule has 1 amide bonds. The topological polar surface area (TPSA) is 75.8 Å². The molecule has 1 heterocycles. The molecule has 6 nitrogen and oxygen atoms in total. The number of aliphatic imine (C=N–C) groups is 1. The second kappa shape index (κ2) is 8.01. The Labute approximate surface area is 162 Å². The summed E-state index contributed by atoms with van der Waals surface area (Å²) in [6.45, 7) is 0.805. The summed E-state index contributed by atoms with van der Waals surface area (Å²) in [5.41, 5.74) is 0.156. The summed E-state index contributed by atoms with van der Waals surface area (Å²) < 4.78 is 37.8. The molecule has 0 spiro atoms. The molecule has 10 heteroatoms. The van der Waals surface area contributed by atoms with Crippen LogP contribution in [0.4, 0.5) is 18.9 Å². The maximum Gasteiger partial charge on any atom is 0.416 e. The monoisotopic (exact) mass is 409 g/mol. The van der Waals surface area contributed by atoms with Crippen LogP contribution in [-0.2, 0) is 11.9 Å². The van der Waals surface area contributed by atoms with Gasteiger partial charge in [-0.1, -0.05) is 23.9 Å². The third kappa shape index (κ3) is 4.50. The van der Waals surface area contributed by atoms with Crippen molar-refractivity contribution in [2.75, 3.05) is 13.1 Å². The lowest BCUT2D eigenvalue weighted by molar-refractivity contribution is -0.384. The standard InChI is InChI=1S/C18H14F3N3O3S/c19-18(20,21)14-5-1-12(2-6-14)11-28-17-22-9-10-23(17)16(25)13-3-7-15(8-4-13)24(26)27/h1-8H,9-11H2. The number of amides is 1. The Kier molecular flexibility index (Phi) is 5.68. The number of carbonyl (C=O) groups is 1. The van der Waals surface area contributed by atoms with Gasteiger partial charge in [-0.3, -0.25) is 24.8 Å². The van der Waals surface area contributed by atoms with Gasteiger partial charge in [-0.25, -0.2) is 0 Å². The lowest BCUT2D eigenvalue weighted by Gasteiger charge is -2.18. The molecule has 0 saturated carbocycles. The van der Waals surface area contributed by atoms with Crippen LogP contribution in [0, 0.1) is 10.1 Å². The zero-order chi connectivity index (χ0) is 20.3. The first kappa shape index (κ1) is 19.9. The number of nitrogens with zero attached hydrogens (tertiary/aromatic N) is 3. The molecule has 2 aromatic rings. The number of nitro benzene ring substituents is 1. The number of rotatable bonds is 4. The maximum absolute atomic E-state index is 12.6. The SMILES string of the molecule is O=C(c1ccc([N+](=O)[O-])cc1)N1CCN=C1SCc1ccc(C(F)(F)F)cc1. The van der Waals surface area contributed by atoms with Crippen molar-refractivity contribution in [1.82, 2.24) is 4.90 Å². The Bertz CT molecular complexity index is 912. The fourth-order valence-corrected chi connectivity index (χ4v) is 3.56. The van der Waals surface area contributed by atoms with E-state index in [0.29, 0.717) is 35.1 Å². The highest BCUT2D eigenvalue weighted by molar-refractivity contribution is 8.13. The van der Waals surface area contributed by atoms with E-state index in [1.807, 2.05) is 0 Å². The number of nitro groups is 1. The predicted molar refractivity (Wildman–Crippen MR) is 99.2 cm³/mol. The number of alkyl halides is 3. The molecule has 146 valence electrons. The van der Waals surface area contributed by atoms with Crippen molar-refractivity contribution in [3.63, 3.8) is 0 Å². The molecule has 0 atom stereocenters. The van der Waals surface area contributed by atoms with Crippen LogP contribution >= 0.6 is 11.8 Å². The number of halogens is 3. The molecule has 0 saturated heterocycles. The van der Waals surface area contributed by atoms with Crippen LogP contribution in [-0.4, -0.2) is 34.0 Å². The molecular weight excluding hydrogens is 395 g/mol. The van der Waals surface area contributed by atoms with Gasteiger partial charge in [0, 0.05) is 30.0 Å². The van der Waals surface area contributed by atoms with Gasteiger partial charge in [0.05, 0.1) is 17.0 Å². The van der Waals surface area contributed by atoms with E-state index in [9.17, 15) is 28.1 Å². The van der Waals surface area contributed by atoms with Crippen molar-refractivity contribution in [3.8, 4) is 0 Å². The second-order valence-electron chi connectivity index (χ2n) is 5.91. The number of amidine groups is 1. The average Bonchev–Trinajstić information content (AvgIpc) is 3.14. The number of hydrogen-bond acceptors (Lipinski definition) is 5. The van der Waals surface area contributed by atoms with Crippen LogP contribution in [0.5, 0.6) is 0 Å². The normalized spacial score (nSPS) is 14.1. The van der Waals surface area contributed by atoms with Crippen molar-refractivity contribution < 1.29 is 22.9 Å². The fraction of sp³-hybridized carbons (Fsp3) is 0.222. The van der Waals surface area contributed by atoms with Gasteiger partial charge in [0.1, 0.15) is 0 Å². The Morgan fingerprint density at radius 3 is 2.36 bits per heavy atom. The number of non-ortho nitro benzene ring substituents is 1. The van der Waals surface area contributed by atoms with Crippen LogP contribution in [0.1, 0.15) is 21.5 Å². The first-order valence-electron chi connectivity index (χ1n) is 8.15. The molecule has 0 aromatic heterocycles. The van der Waals surface area contributed by atoms with E-state index in [1.165, 1.54) is 53.1 Å². The zero-order valence-electron chi connectivity index (χ0n) is 14.3. The van der Waals surface area contributed by atoms with E-state index in [1.54, 1.807) is 0 Å². The van der Waals surface area contributed by atoms with Crippen molar-refractivity contribution >= 4 is 28.5 Å². The maximum atomic E-state index is 12.6. The molecule has 28 heavy (non-hydrogen) atoms. The van der Waals surface area contributed by atoms with Gasteiger partial charge in [0.2, 0.25) is 0 Å². The number of thioether (sulfide) groups is 1. The molecule has 1 aliphatic heterocycles. The van der Waals surface area contributed by atoms with E-state index >= 15 is 0 Å². The van der Waals surface area contributed by atoms with Gasteiger partial charge in [-0.2, -0.15) is 13.2 Å². The minimum atomic E-state index is -4.38. The van der Waals surface area contributed by atoms with Crippen molar-refractivity contribution in [1.29, 1.82) is 0 Å². The molecule has 1 aliphatic rings. The predicted octanol–water partition coefficient (Wildman–Crippen LogP) is 4.36. The van der Waals surface area contributed by atoms with Gasteiger partial charge in [0.25, 0.3) is 11.6 Å². The second-order valence-corrected chi connectivity index (χ2v) is 6.85. The third-order valence-corrected chi connectivity index (χ3v) is 5.11. The van der Waals surface area contributed by atoms with Crippen LogP contribution < -0.4 is 0 Å². The molecule has 0 radical (unpaired) electrons. The number of benzene rings is 2. The minimum Gasteiger partial charge on any atom is -0.286 e. The fourth-order valence-electron chi connectivity index (χ4n) is 2.56. The summed E-state index contributed by atoms with van der Waals surface area (Å²) in [6, 6.07) is 10.1. The Balaban J connectivity index is 1.64. The van der Waals surface area contributed by atoms with Gasteiger partial charge in [-0.15, -0.1) is 0 Å². The van der Waals surface area contributed by atoms with E-state index in [2.05, 4.69) is 4.99 Å². The van der Waals surface area contributed by atoms with Gasteiger partial charge in [0.15, 0.2) is 5.17 Å². The largest absolute Gasteiger partial charge is 0.416 e. The van der Waals surface area contributed by atoms with E-state index < -0.39 is 16.7 Å². The van der Waals surface area contributed by atoms with E-state index in [-0.39, 0.29) is 11.6 Å². The van der Waals surface area contributed by atoms with Crippen LogP contribution in [0.25, 0.3) is 0 Å². The van der Waals surface area contributed by atoms with E-state index in [4.69, 9.17) is 0 Å². The van der Waals surface area contributed by atoms with Crippen LogP contribution in [0.15, 0.2) is 53.5 Å². The molecule has 0 bridgehead atoms. The summed E-state index contributed by atoms with van der Waals surface area (Å²) in [6.07, 6.45) is -4.38. The van der Waals surface area contributed by atoms with Crippen molar-refractivity contribution in [3.05, 3.63) is 75.3 Å². The van der Waals surface area contributed by atoms with Gasteiger partial charge in [-0.05, 0) is 29.8 Å². The van der Waals surface area contributed by atoms with Gasteiger partial charge >= 0.3 is 6.18 Å². The molecule has 0 unspecified atom stereocenters. The highest BCUT2D eigenvalue weighted by atomic mass is 32.2. The molecule has 0 N–H and O–H groups in total. The highest BCUT2D eigenvalue weighted by Crippen LogP contribution is 2.30. The van der Waals surface area contributed by atoms with E-state index in [0.717, 1.165) is 12.1 Å². The lowest BCUT2D eigenvalue weighted by Crippen LogP contribution is -2.32. The zero-order valence-corrected chi connectivity index (χ0v) is 15.2. The molecule has 0 fully saturated rings. The highest BCUT2D eigenvalue weighted by Gasteiger charge is 2.30. The average molecular weight is 409 g/mol. The quantitative estimate of drug-likeness (QED) is 0.555. The summed E-state index contributed by atoms with van der Waals surface area (Å²) >= 11 is 1.26. The first-order valence-corrected chi connectivity index (χ1v) is 9.14. The third-order valence-electron chi connectivity index (χ3n) is 4.02. The van der Waals surface area contributed by atoms with Crippen LogP contribution in [0.2, 0.25) is 0 Å². The van der Waals surface area contributed by atoms with Crippen molar-refractivity contribution in [2.24, 2.45) is 4.99 Å². The lowest BCUT2D eigenvalue weighted by atomic mass is 10.1. The Morgan fingerprint density at radius 2 is 1.79 bits per heavy atom.